The Kier molecular flexibility index (Phi) is 15.6. The molecule has 1 heteroatoms. The number of allylic oxidation sites excluding steroid dienone is 4. The molecule has 138 valence electrons. The number of hydrogen-bond donors (Lipinski definition) is 1. The van der Waals surface area contributed by atoms with Crippen molar-refractivity contribution in [2.24, 2.45) is 5.73 Å². The average Bonchev–Trinajstić information content (AvgIpc) is 2.67. The van der Waals surface area contributed by atoms with Gasteiger partial charge in [-0.2, -0.15) is 0 Å². The molecule has 1 aliphatic rings. The standard InChI is InChI=1S/C18H19N.3C2H6/c1-13-8-10-16(11-9-13)14(2)12-17-6-4-5-7-18(17)15(3)19;3*1-2/h5,7-12,15H,19H2,1-3H3;3*1-2H3/b14-12+;;;. The van der Waals surface area contributed by atoms with E-state index in [1.807, 2.05) is 60.6 Å². The third-order valence-electron chi connectivity index (χ3n) is 3.22. The van der Waals surface area contributed by atoms with Gasteiger partial charge in [0.15, 0.2) is 0 Å². The molecule has 0 radical (unpaired) electrons. The second-order valence-electron chi connectivity index (χ2n) is 4.95. The Morgan fingerprint density at radius 3 is 2.00 bits per heavy atom. The monoisotopic (exact) mass is 339 g/mol. The second kappa shape index (κ2) is 15.5. The largest absolute Gasteiger partial charge is 0.324 e. The molecule has 1 atom stereocenters. The van der Waals surface area contributed by atoms with Crippen LogP contribution in [0.3, 0.4) is 0 Å². The molecule has 0 spiro atoms. The van der Waals surface area contributed by atoms with Crippen LogP contribution in [0.25, 0.3) is 5.57 Å². The van der Waals surface area contributed by atoms with Crippen LogP contribution < -0.4 is 5.73 Å². The molecule has 1 aromatic rings. The summed E-state index contributed by atoms with van der Waals surface area (Å²) in [4.78, 5) is 0. The molecule has 0 fully saturated rings. The van der Waals surface area contributed by atoms with Crippen LogP contribution in [-0.2, 0) is 0 Å². The molecule has 2 N–H and O–H groups in total. The lowest BCUT2D eigenvalue weighted by Gasteiger charge is -2.12. The second-order valence-corrected chi connectivity index (χ2v) is 4.95. The topological polar surface area (TPSA) is 26.0 Å². The van der Waals surface area contributed by atoms with E-state index in [-0.39, 0.29) is 6.04 Å². The minimum absolute atomic E-state index is 0.00270. The van der Waals surface area contributed by atoms with Gasteiger partial charge in [-0.05, 0) is 55.7 Å². The van der Waals surface area contributed by atoms with E-state index >= 15 is 0 Å². The predicted molar refractivity (Wildman–Crippen MR) is 116 cm³/mol. The fraction of sp³-hybridized carbons (Fsp3) is 0.417. The van der Waals surface area contributed by atoms with Crippen molar-refractivity contribution in [2.75, 3.05) is 0 Å². The van der Waals surface area contributed by atoms with Gasteiger partial charge in [-0.1, -0.05) is 82.8 Å². The maximum absolute atomic E-state index is 5.99. The van der Waals surface area contributed by atoms with E-state index < -0.39 is 0 Å². The van der Waals surface area contributed by atoms with E-state index in [0.717, 1.165) is 11.1 Å². The summed E-state index contributed by atoms with van der Waals surface area (Å²) in [7, 11) is 0. The molecule has 0 bridgehead atoms. The maximum Gasteiger partial charge on any atom is 0.0299 e. The first-order valence-corrected chi connectivity index (χ1v) is 9.51. The van der Waals surface area contributed by atoms with Gasteiger partial charge >= 0.3 is 0 Å². The summed E-state index contributed by atoms with van der Waals surface area (Å²) in [5.74, 6) is 0. The third-order valence-corrected chi connectivity index (χ3v) is 3.22. The van der Waals surface area contributed by atoms with Crippen LogP contribution in [0.2, 0.25) is 0 Å². The summed E-state index contributed by atoms with van der Waals surface area (Å²) >= 11 is 0. The van der Waals surface area contributed by atoms with Crippen molar-refractivity contribution in [3.63, 3.8) is 0 Å². The summed E-state index contributed by atoms with van der Waals surface area (Å²) in [6, 6.07) is 8.53. The fourth-order valence-corrected chi connectivity index (χ4v) is 2.05. The molecule has 0 aliphatic heterocycles. The Morgan fingerprint density at radius 1 is 1.00 bits per heavy atom. The lowest BCUT2D eigenvalue weighted by molar-refractivity contribution is 0.875. The fourth-order valence-electron chi connectivity index (χ4n) is 2.05. The highest BCUT2D eigenvalue weighted by atomic mass is 14.6. The first-order chi connectivity index (χ1) is 12.1. The van der Waals surface area contributed by atoms with Crippen molar-refractivity contribution >= 4 is 5.57 Å². The van der Waals surface area contributed by atoms with Crippen LogP contribution in [0.1, 0.15) is 66.5 Å². The van der Waals surface area contributed by atoms with Gasteiger partial charge in [0, 0.05) is 11.6 Å². The first-order valence-electron chi connectivity index (χ1n) is 9.51. The van der Waals surface area contributed by atoms with Gasteiger partial charge in [0.1, 0.15) is 0 Å². The lowest BCUT2D eigenvalue weighted by atomic mass is 9.95. The van der Waals surface area contributed by atoms with Gasteiger partial charge in [-0.15, -0.1) is 0 Å². The number of nitrogens with two attached hydrogens (primary N) is 1. The summed E-state index contributed by atoms with van der Waals surface area (Å²) < 4.78 is 0. The van der Waals surface area contributed by atoms with Crippen LogP contribution in [0.4, 0.5) is 0 Å². The maximum atomic E-state index is 5.99. The molecule has 25 heavy (non-hydrogen) atoms. The van der Waals surface area contributed by atoms with Crippen LogP contribution in [0, 0.1) is 6.92 Å². The van der Waals surface area contributed by atoms with Crippen molar-refractivity contribution in [3.05, 3.63) is 76.2 Å². The van der Waals surface area contributed by atoms with Gasteiger partial charge < -0.3 is 5.73 Å². The Hall–Kier alpha value is -2.04. The molecule has 0 saturated heterocycles. The van der Waals surface area contributed by atoms with Crippen LogP contribution in [-0.4, -0.2) is 6.04 Å². The van der Waals surface area contributed by atoms with E-state index in [1.165, 1.54) is 16.7 Å². The molecule has 1 nitrogen and oxygen atoms in total. The quantitative estimate of drug-likeness (QED) is 0.589. The number of rotatable bonds is 3. The van der Waals surface area contributed by atoms with Crippen molar-refractivity contribution in [1.29, 1.82) is 0 Å². The molecule has 0 amide bonds. The molecule has 0 aromatic heterocycles. The van der Waals surface area contributed by atoms with Crippen molar-refractivity contribution < 1.29 is 0 Å². The number of benzene rings is 1. The van der Waals surface area contributed by atoms with E-state index in [2.05, 4.69) is 55.7 Å². The highest BCUT2D eigenvalue weighted by Gasteiger charge is 2.09. The summed E-state index contributed by atoms with van der Waals surface area (Å²) in [5.41, 5.74) is 18.0. The van der Waals surface area contributed by atoms with Crippen molar-refractivity contribution in [3.8, 4) is 0 Å². The zero-order valence-corrected chi connectivity index (χ0v) is 17.7. The highest BCUT2D eigenvalue weighted by molar-refractivity contribution is 5.69. The third kappa shape index (κ3) is 9.13. The minimum atomic E-state index is 0.00270. The average molecular weight is 340 g/mol. The van der Waals surface area contributed by atoms with Crippen LogP contribution >= 0.6 is 0 Å². The Balaban J connectivity index is 0. The Labute approximate surface area is 156 Å². The molecule has 1 aliphatic carbocycles. The summed E-state index contributed by atoms with van der Waals surface area (Å²) in [5, 5.41) is 0. The molecular formula is C24H37N. The van der Waals surface area contributed by atoms with E-state index in [0.29, 0.717) is 0 Å². The van der Waals surface area contributed by atoms with Crippen molar-refractivity contribution in [1.82, 2.24) is 0 Å². The van der Waals surface area contributed by atoms with Crippen LogP contribution in [0.5, 0.6) is 0 Å². The van der Waals surface area contributed by atoms with Gasteiger partial charge in [0.25, 0.3) is 0 Å². The lowest BCUT2D eigenvalue weighted by Crippen LogP contribution is -2.19. The Bertz CT molecular complexity index is 627. The predicted octanol–water partition coefficient (Wildman–Crippen LogP) is 7.00. The Morgan fingerprint density at radius 2 is 1.52 bits per heavy atom. The van der Waals surface area contributed by atoms with E-state index in [9.17, 15) is 0 Å². The number of hydrogen-bond acceptors (Lipinski definition) is 1. The SMILES string of the molecule is C/C(=C\C1=C=C=CC=C1C(C)N)c1ccc(C)cc1.CC.CC.CC. The van der Waals surface area contributed by atoms with Crippen LogP contribution in [0.15, 0.2) is 65.1 Å². The van der Waals surface area contributed by atoms with E-state index in [4.69, 9.17) is 5.73 Å². The first kappa shape index (κ1) is 25.2. The van der Waals surface area contributed by atoms with Gasteiger partial charge in [-0.25, -0.2) is 0 Å². The minimum Gasteiger partial charge on any atom is -0.324 e. The molecular weight excluding hydrogens is 302 g/mol. The number of aryl methyl sites for hydroxylation is 1. The summed E-state index contributed by atoms with van der Waals surface area (Å²) in [6.45, 7) is 18.2. The van der Waals surface area contributed by atoms with Gasteiger partial charge in [-0.3, -0.25) is 0 Å². The molecule has 0 saturated carbocycles. The van der Waals surface area contributed by atoms with Gasteiger partial charge in [0.05, 0.1) is 0 Å². The molecule has 1 aromatic carbocycles. The zero-order chi connectivity index (χ0) is 19.8. The molecule has 1 unspecified atom stereocenters. The van der Waals surface area contributed by atoms with E-state index in [1.54, 1.807) is 0 Å². The molecule has 0 heterocycles. The highest BCUT2D eigenvalue weighted by Crippen LogP contribution is 2.22. The smallest absolute Gasteiger partial charge is 0.0299 e. The zero-order valence-electron chi connectivity index (χ0n) is 17.7. The molecule has 2 rings (SSSR count). The normalized spacial score (nSPS) is 13.0. The van der Waals surface area contributed by atoms with Gasteiger partial charge in [0.2, 0.25) is 0 Å². The summed E-state index contributed by atoms with van der Waals surface area (Å²) in [6.07, 6.45) is 5.99. The van der Waals surface area contributed by atoms with Crippen molar-refractivity contribution in [2.45, 2.75) is 68.4 Å².